The molecule has 0 bridgehead atoms. The van der Waals surface area contributed by atoms with Crippen LogP contribution in [0.15, 0.2) is 0 Å². The topological polar surface area (TPSA) is 151 Å². The van der Waals surface area contributed by atoms with Gasteiger partial charge in [-0.25, -0.2) is 0 Å². The van der Waals surface area contributed by atoms with E-state index in [1.54, 1.807) is 0 Å². The van der Waals surface area contributed by atoms with Gasteiger partial charge < -0.3 is 26.8 Å². The summed E-state index contributed by atoms with van der Waals surface area (Å²) in [6, 6.07) is -0.725. The maximum absolute atomic E-state index is 11.1. The summed E-state index contributed by atoms with van der Waals surface area (Å²) in [5.41, 5.74) is 5.25. The third-order valence-corrected chi connectivity index (χ3v) is 1.72. The van der Waals surface area contributed by atoms with E-state index in [1.165, 1.54) is 6.92 Å². The molecule has 0 fully saturated rings. The first-order chi connectivity index (χ1) is 8.32. The van der Waals surface area contributed by atoms with Crippen LogP contribution in [0.5, 0.6) is 0 Å². The summed E-state index contributed by atoms with van der Waals surface area (Å²) < 4.78 is 0. The molecule has 0 aliphatic rings. The molecule has 0 saturated heterocycles. The van der Waals surface area contributed by atoms with Crippen molar-refractivity contribution in [2.45, 2.75) is 13.0 Å². The molecule has 1 atom stereocenters. The molecule has 0 aliphatic carbocycles. The molecule has 18 heavy (non-hydrogen) atoms. The molecule has 0 spiro atoms. The minimum atomic E-state index is -1.18. The second-order valence-electron chi connectivity index (χ2n) is 3.45. The Hall–Kier alpha value is -2.16. The van der Waals surface area contributed by atoms with E-state index >= 15 is 0 Å². The number of carbonyl (C=O) groups excluding carboxylic acids is 3. The standard InChI is InChI=1S/C9H16N4O5/c1-5(10)9(18)13-3-7(15)11-2-6(14)12-4-8(16)17/h5H,2-4,10H2,1H3,(H,11,15)(H,12,14)(H,13,18)(H,16,17)/t5-/m1/s1. The Morgan fingerprint density at radius 3 is 1.89 bits per heavy atom. The molecule has 9 nitrogen and oxygen atoms in total. The summed E-state index contributed by atoms with van der Waals surface area (Å²) >= 11 is 0. The highest BCUT2D eigenvalue weighted by molar-refractivity contribution is 5.90. The zero-order chi connectivity index (χ0) is 14.1. The lowest BCUT2D eigenvalue weighted by molar-refractivity contribution is -0.137. The van der Waals surface area contributed by atoms with Crippen molar-refractivity contribution < 1.29 is 24.3 Å². The smallest absolute Gasteiger partial charge is 0.322 e. The zero-order valence-corrected chi connectivity index (χ0v) is 9.86. The SMILES string of the molecule is C[C@@H](N)C(=O)NCC(=O)NCC(=O)NCC(=O)O. The number of rotatable bonds is 7. The number of carboxylic acid groups (broad SMARTS) is 1. The normalized spacial score (nSPS) is 11.2. The van der Waals surface area contributed by atoms with Crippen LogP contribution in [0.25, 0.3) is 0 Å². The lowest BCUT2D eigenvalue weighted by atomic mass is 10.3. The van der Waals surface area contributed by atoms with Gasteiger partial charge in [-0.15, -0.1) is 0 Å². The number of hydrogen-bond acceptors (Lipinski definition) is 5. The first-order valence-corrected chi connectivity index (χ1v) is 5.11. The Morgan fingerprint density at radius 2 is 1.44 bits per heavy atom. The van der Waals surface area contributed by atoms with Crippen LogP contribution < -0.4 is 21.7 Å². The van der Waals surface area contributed by atoms with Gasteiger partial charge in [0.2, 0.25) is 17.7 Å². The summed E-state index contributed by atoms with van der Waals surface area (Å²) in [4.78, 5) is 43.3. The summed E-state index contributed by atoms with van der Waals surface area (Å²) in [5, 5.41) is 14.8. The second-order valence-corrected chi connectivity index (χ2v) is 3.45. The van der Waals surface area contributed by atoms with Crippen LogP contribution in [0.2, 0.25) is 0 Å². The predicted molar refractivity (Wildman–Crippen MR) is 60.3 cm³/mol. The van der Waals surface area contributed by atoms with Crippen molar-refractivity contribution in [2.24, 2.45) is 5.73 Å². The van der Waals surface area contributed by atoms with E-state index in [0.717, 1.165) is 0 Å². The van der Waals surface area contributed by atoms with Crippen molar-refractivity contribution in [1.29, 1.82) is 0 Å². The fraction of sp³-hybridized carbons (Fsp3) is 0.556. The first-order valence-electron chi connectivity index (χ1n) is 5.11. The average Bonchev–Trinajstić information content (AvgIpc) is 2.30. The Labute approximate surface area is 103 Å². The second kappa shape index (κ2) is 8.01. The van der Waals surface area contributed by atoms with Crippen molar-refractivity contribution in [3.63, 3.8) is 0 Å². The highest BCUT2D eigenvalue weighted by atomic mass is 16.4. The van der Waals surface area contributed by atoms with E-state index in [0.29, 0.717) is 0 Å². The number of nitrogens with one attached hydrogen (secondary N) is 3. The molecule has 3 amide bonds. The van der Waals surface area contributed by atoms with Gasteiger partial charge in [0.25, 0.3) is 0 Å². The highest BCUT2D eigenvalue weighted by Crippen LogP contribution is 1.74. The van der Waals surface area contributed by atoms with E-state index in [4.69, 9.17) is 10.8 Å². The maximum Gasteiger partial charge on any atom is 0.322 e. The molecule has 9 heteroatoms. The van der Waals surface area contributed by atoms with Crippen molar-refractivity contribution >= 4 is 23.7 Å². The van der Waals surface area contributed by atoms with Gasteiger partial charge in [-0.1, -0.05) is 0 Å². The van der Waals surface area contributed by atoms with Crippen LogP contribution in [0.1, 0.15) is 6.92 Å². The summed E-state index contributed by atoms with van der Waals surface area (Å²) in [7, 11) is 0. The fourth-order valence-electron chi connectivity index (χ4n) is 0.806. The van der Waals surface area contributed by atoms with Gasteiger partial charge in [0, 0.05) is 0 Å². The lowest BCUT2D eigenvalue weighted by Crippen LogP contribution is -2.45. The molecule has 102 valence electrons. The van der Waals surface area contributed by atoms with Crippen LogP contribution in [0, 0.1) is 0 Å². The number of carboxylic acids is 1. The van der Waals surface area contributed by atoms with Gasteiger partial charge in [-0.2, -0.15) is 0 Å². The van der Waals surface area contributed by atoms with Crippen LogP contribution >= 0.6 is 0 Å². The highest BCUT2D eigenvalue weighted by Gasteiger charge is 2.10. The third-order valence-electron chi connectivity index (χ3n) is 1.72. The summed E-state index contributed by atoms with van der Waals surface area (Å²) in [6.07, 6.45) is 0. The summed E-state index contributed by atoms with van der Waals surface area (Å²) in [6.45, 7) is 0.287. The molecule has 0 radical (unpaired) electrons. The molecule has 6 N–H and O–H groups in total. The first kappa shape index (κ1) is 15.8. The van der Waals surface area contributed by atoms with Gasteiger partial charge in [0.1, 0.15) is 6.54 Å². The average molecular weight is 260 g/mol. The molecule has 0 aromatic carbocycles. The van der Waals surface area contributed by atoms with Gasteiger partial charge in [-0.05, 0) is 6.92 Å². The van der Waals surface area contributed by atoms with Gasteiger partial charge >= 0.3 is 5.97 Å². The molecule has 0 unspecified atom stereocenters. The van der Waals surface area contributed by atoms with Crippen molar-refractivity contribution in [3.05, 3.63) is 0 Å². The van der Waals surface area contributed by atoms with E-state index in [-0.39, 0.29) is 13.1 Å². The minimum absolute atomic E-state index is 0.299. The largest absolute Gasteiger partial charge is 0.480 e. The number of amides is 3. The quantitative estimate of drug-likeness (QED) is 0.324. The third kappa shape index (κ3) is 8.05. The Kier molecular flexibility index (Phi) is 7.05. The van der Waals surface area contributed by atoms with Crippen LogP contribution in [-0.4, -0.2) is 54.5 Å². The van der Waals surface area contributed by atoms with E-state index < -0.39 is 36.3 Å². The molecular weight excluding hydrogens is 244 g/mol. The monoisotopic (exact) mass is 260 g/mol. The minimum Gasteiger partial charge on any atom is -0.480 e. The van der Waals surface area contributed by atoms with Crippen molar-refractivity contribution in [2.75, 3.05) is 19.6 Å². The fourth-order valence-corrected chi connectivity index (χ4v) is 0.806. The van der Waals surface area contributed by atoms with Gasteiger partial charge in [0.15, 0.2) is 0 Å². The van der Waals surface area contributed by atoms with Crippen molar-refractivity contribution in [3.8, 4) is 0 Å². The van der Waals surface area contributed by atoms with Crippen LogP contribution in [0.4, 0.5) is 0 Å². The number of nitrogens with two attached hydrogens (primary N) is 1. The molecule has 0 saturated carbocycles. The van der Waals surface area contributed by atoms with Crippen LogP contribution in [-0.2, 0) is 19.2 Å². The molecule has 0 aromatic rings. The predicted octanol–water partition coefficient (Wildman–Crippen LogP) is -3.23. The van der Waals surface area contributed by atoms with Crippen molar-refractivity contribution in [1.82, 2.24) is 16.0 Å². The lowest BCUT2D eigenvalue weighted by Gasteiger charge is -2.08. The number of carbonyl (C=O) groups is 4. The number of hydrogen-bond donors (Lipinski definition) is 5. The van der Waals surface area contributed by atoms with Gasteiger partial charge in [0.05, 0.1) is 19.1 Å². The Bertz CT molecular complexity index is 342. The maximum atomic E-state index is 11.1. The summed E-state index contributed by atoms with van der Waals surface area (Å²) in [5.74, 6) is -2.88. The molecule has 0 rings (SSSR count). The molecule has 0 aromatic heterocycles. The zero-order valence-electron chi connectivity index (χ0n) is 9.86. The van der Waals surface area contributed by atoms with E-state index in [1.807, 2.05) is 0 Å². The Morgan fingerprint density at radius 1 is 1.00 bits per heavy atom. The van der Waals surface area contributed by atoms with E-state index in [9.17, 15) is 19.2 Å². The van der Waals surface area contributed by atoms with Crippen LogP contribution in [0.3, 0.4) is 0 Å². The number of aliphatic carboxylic acids is 1. The molecular formula is C9H16N4O5. The van der Waals surface area contributed by atoms with E-state index in [2.05, 4.69) is 16.0 Å². The Balaban J connectivity index is 3.73. The molecule has 0 aliphatic heterocycles. The molecule has 0 heterocycles. The van der Waals surface area contributed by atoms with Gasteiger partial charge in [-0.3, -0.25) is 19.2 Å².